The fraction of sp³-hybridized carbons (Fsp3) is 0.429. The number of rotatable bonds is 3. The topological polar surface area (TPSA) is 56.1 Å². The lowest BCUT2D eigenvalue weighted by molar-refractivity contribution is 0.0796. The van der Waals surface area contributed by atoms with Gasteiger partial charge in [-0.3, -0.25) is 4.79 Å². The third-order valence-corrected chi connectivity index (χ3v) is 3.28. The van der Waals surface area contributed by atoms with Crippen LogP contribution in [0.1, 0.15) is 27.9 Å². The van der Waals surface area contributed by atoms with Gasteiger partial charge in [-0.2, -0.15) is 5.26 Å². The smallest absolute Gasteiger partial charge is 0.253 e. The summed E-state index contributed by atoms with van der Waals surface area (Å²) in [5, 5.41) is 11.9. The van der Waals surface area contributed by atoms with Gasteiger partial charge in [-0.1, -0.05) is 12.1 Å². The highest BCUT2D eigenvalue weighted by atomic mass is 16.2. The van der Waals surface area contributed by atoms with Gasteiger partial charge in [-0.05, 0) is 30.2 Å². The second-order valence-corrected chi connectivity index (χ2v) is 4.50. The SMILES string of the molecule is CN(CCC#N)C(=O)c1cccc2c1CCNC2. The third-order valence-electron chi connectivity index (χ3n) is 3.28. The lowest BCUT2D eigenvalue weighted by Crippen LogP contribution is -2.31. The van der Waals surface area contributed by atoms with Crippen molar-refractivity contribution in [2.75, 3.05) is 20.1 Å². The molecule has 94 valence electrons. The molecule has 1 N–H and O–H groups in total. The Bertz CT molecular complexity index is 490. The first-order valence-electron chi connectivity index (χ1n) is 6.18. The molecule has 0 saturated heterocycles. The number of fused-ring (bicyclic) bond motifs is 1. The maximum absolute atomic E-state index is 12.3. The molecule has 1 aromatic carbocycles. The van der Waals surface area contributed by atoms with E-state index in [0.29, 0.717) is 13.0 Å². The minimum absolute atomic E-state index is 0.0176. The molecule has 0 unspecified atom stereocenters. The number of carbonyl (C=O) groups is 1. The molecular formula is C14H17N3O. The Kier molecular flexibility index (Phi) is 3.96. The molecular weight excluding hydrogens is 226 g/mol. The van der Waals surface area contributed by atoms with Crippen LogP contribution in [0, 0.1) is 11.3 Å². The molecule has 1 aliphatic heterocycles. The molecule has 0 radical (unpaired) electrons. The maximum atomic E-state index is 12.3. The van der Waals surface area contributed by atoms with E-state index in [1.807, 2.05) is 12.1 Å². The molecule has 4 heteroatoms. The van der Waals surface area contributed by atoms with Crippen LogP contribution in [0.2, 0.25) is 0 Å². The van der Waals surface area contributed by atoms with Crippen LogP contribution in [0.5, 0.6) is 0 Å². The summed E-state index contributed by atoms with van der Waals surface area (Å²) in [6.07, 6.45) is 1.27. The maximum Gasteiger partial charge on any atom is 0.253 e. The van der Waals surface area contributed by atoms with Crippen LogP contribution in [0.3, 0.4) is 0 Å². The van der Waals surface area contributed by atoms with Crippen molar-refractivity contribution >= 4 is 5.91 Å². The number of nitrogens with one attached hydrogen (secondary N) is 1. The highest BCUT2D eigenvalue weighted by molar-refractivity contribution is 5.96. The van der Waals surface area contributed by atoms with Crippen molar-refractivity contribution in [3.63, 3.8) is 0 Å². The zero-order valence-corrected chi connectivity index (χ0v) is 10.6. The average Bonchev–Trinajstić information content (AvgIpc) is 2.43. The quantitative estimate of drug-likeness (QED) is 0.871. The fourth-order valence-electron chi connectivity index (χ4n) is 2.26. The molecule has 1 amide bonds. The van der Waals surface area contributed by atoms with Crippen molar-refractivity contribution in [3.8, 4) is 6.07 Å². The molecule has 0 fully saturated rings. The largest absolute Gasteiger partial charge is 0.341 e. The highest BCUT2D eigenvalue weighted by Gasteiger charge is 2.19. The number of hydrogen-bond acceptors (Lipinski definition) is 3. The van der Waals surface area contributed by atoms with Crippen LogP contribution in [0.15, 0.2) is 18.2 Å². The van der Waals surface area contributed by atoms with E-state index < -0.39 is 0 Å². The Hall–Kier alpha value is -1.86. The Balaban J connectivity index is 2.23. The number of benzene rings is 1. The average molecular weight is 243 g/mol. The van der Waals surface area contributed by atoms with Gasteiger partial charge < -0.3 is 10.2 Å². The molecule has 0 saturated carbocycles. The first kappa shape index (κ1) is 12.6. The number of amides is 1. The van der Waals surface area contributed by atoms with E-state index in [2.05, 4.69) is 17.5 Å². The molecule has 2 rings (SSSR count). The summed E-state index contributed by atoms with van der Waals surface area (Å²) in [6.45, 7) is 2.23. The van der Waals surface area contributed by atoms with E-state index in [1.54, 1.807) is 11.9 Å². The Morgan fingerprint density at radius 2 is 2.39 bits per heavy atom. The van der Waals surface area contributed by atoms with Crippen molar-refractivity contribution in [2.24, 2.45) is 0 Å². The van der Waals surface area contributed by atoms with Gasteiger partial charge >= 0.3 is 0 Å². The molecule has 0 bridgehead atoms. The third kappa shape index (κ3) is 2.52. The predicted molar refractivity (Wildman–Crippen MR) is 69.0 cm³/mol. The second-order valence-electron chi connectivity index (χ2n) is 4.50. The van der Waals surface area contributed by atoms with Gasteiger partial charge in [0.05, 0.1) is 12.5 Å². The molecule has 4 nitrogen and oxygen atoms in total. The lowest BCUT2D eigenvalue weighted by atomic mass is 9.95. The summed E-state index contributed by atoms with van der Waals surface area (Å²) >= 11 is 0. The van der Waals surface area contributed by atoms with E-state index in [-0.39, 0.29) is 5.91 Å². The van der Waals surface area contributed by atoms with E-state index in [4.69, 9.17) is 5.26 Å². The van der Waals surface area contributed by atoms with E-state index >= 15 is 0 Å². The summed E-state index contributed by atoms with van der Waals surface area (Å²) in [5.74, 6) is 0.0176. The molecule has 0 atom stereocenters. The van der Waals surface area contributed by atoms with Crippen LogP contribution in [0.4, 0.5) is 0 Å². The first-order chi connectivity index (χ1) is 8.74. The van der Waals surface area contributed by atoms with Crippen molar-refractivity contribution < 1.29 is 4.79 Å². The molecule has 1 heterocycles. The summed E-state index contributed by atoms with van der Waals surface area (Å²) in [6, 6.07) is 7.94. The number of hydrogen-bond donors (Lipinski definition) is 1. The van der Waals surface area contributed by atoms with Crippen LogP contribution >= 0.6 is 0 Å². The molecule has 1 aliphatic rings. The van der Waals surface area contributed by atoms with Crippen LogP contribution in [-0.2, 0) is 13.0 Å². The van der Waals surface area contributed by atoms with Crippen molar-refractivity contribution in [3.05, 3.63) is 34.9 Å². The summed E-state index contributed by atoms with van der Waals surface area (Å²) in [4.78, 5) is 13.9. The Morgan fingerprint density at radius 3 is 3.17 bits per heavy atom. The molecule has 0 spiro atoms. The zero-order valence-electron chi connectivity index (χ0n) is 10.6. The van der Waals surface area contributed by atoms with E-state index in [1.165, 1.54) is 5.56 Å². The van der Waals surface area contributed by atoms with Gasteiger partial charge in [0, 0.05) is 25.7 Å². The zero-order chi connectivity index (χ0) is 13.0. The number of nitrogens with zero attached hydrogens (tertiary/aromatic N) is 2. The van der Waals surface area contributed by atoms with Crippen LogP contribution < -0.4 is 5.32 Å². The first-order valence-corrected chi connectivity index (χ1v) is 6.18. The normalized spacial score (nSPS) is 13.6. The van der Waals surface area contributed by atoms with Gasteiger partial charge in [0.15, 0.2) is 0 Å². The van der Waals surface area contributed by atoms with Gasteiger partial charge in [0.1, 0.15) is 0 Å². The number of nitriles is 1. The second kappa shape index (κ2) is 5.65. The molecule has 0 aliphatic carbocycles. The predicted octanol–water partition coefficient (Wildman–Crippen LogP) is 1.32. The van der Waals surface area contributed by atoms with Crippen molar-refractivity contribution in [1.29, 1.82) is 5.26 Å². The Morgan fingerprint density at radius 1 is 1.56 bits per heavy atom. The Labute approximate surface area is 107 Å². The molecule has 0 aromatic heterocycles. The van der Waals surface area contributed by atoms with Gasteiger partial charge in [0.2, 0.25) is 0 Å². The highest BCUT2D eigenvalue weighted by Crippen LogP contribution is 2.19. The fourth-order valence-corrected chi connectivity index (χ4v) is 2.26. The van der Waals surface area contributed by atoms with Crippen molar-refractivity contribution in [2.45, 2.75) is 19.4 Å². The van der Waals surface area contributed by atoms with Crippen LogP contribution in [-0.4, -0.2) is 30.9 Å². The van der Waals surface area contributed by atoms with Crippen LogP contribution in [0.25, 0.3) is 0 Å². The van der Waals surface area contributed by atoms with Gasteiger partial charge in [-0.15, -0.1) is 0 Å². The standard InChI is InChI=1S/C14H17N3O/c1-17(9-3-7-15)14(18)13-5-2-4-11-10-16-8-6-12(11)13/h2,4-5,16H,3,6,8-10H2,1H3. The molecule has 18 heavy (non-hydrogen) atoms. The van der Waals surface area contributed by atoms with E-state index in [0.717, 1.165) is 30.6 Å². The minimum Gasteiger partial charge on any atom is -0.341 e. The van der Waals surface area contributed by atoms with Gasteiger partial charge in [-0.25, -0.2) is 0 Å². The monoisotopic (exact) mass is 243 g/mol. The van der Waals surface area contributed by atoms with E-state index in [9.17, 15) is 4.79 Å². The summed E-state index contributed by atoms with van der Waals surface area (Å²) in [5.41, 5.74) is 3.15. The summed E-state index contributed by atoms with van der Waals surface area (Å²) < 4.78 is 0. The lowest BCUT2D eigenvalue weighted by Gasteiger charge is -2.22. The van der Waals surface area contributed by atoms with Gasteiger partial charge in [0.25, 0.3) is 5.91 Å². The minimum atomic E-state index is 0.0176. The number of carbonyl (C=O) groups excluding carboxylic acids is 1. The van der Waals surface area contributed by atoms with Crippen molar-refractivity contribution in [1.82, 2.24) is 10.2 Å². The molecule has 1 aromatic rings. The summed E-state index contributed by atoms with van der Waals surface area (Å²) in [7, 11) is 1.75.